The molecule has 0 saturated carbocycles. The maximum atomic E-state index is 4.54. The van der Waals surface area contributed by atoms with Crippen LogP contribution in [0.4, 0.5) is 0 Å². The minimum absolute atomic E-state index is 0.160. The molecule has 0 bridgehead atoms. The highest BCUT2D eigenvalue weighted by Gasteiger charge is 2.17. The number of halogens is 2. The van der Waals surface area contributed by atoms with E-state index in [0.29, 0.717) is 0 Å². The van der Waals surface area contributed by atoms with Crippen LogP contribution in [0.2, 0.25) is 0 Å². The van der Waals surface area contributed by atoms with Gasteiger partial charge in [-0.15, -0.1) is 0 Å². The third-order valence-electron chi connectivity index (χ3n) is 2.99. The Hall–Kier alpha value is -0.720. The van der Waals surface area contributed by atoms with E-state index in [0.717, 1.165) is 39.7 Å². The van der Waals surface area contributed by atoms with Crippen molar-refractivity contribution in [2.45, 2.75) is 25.8 Å². The first-order valence-corrected chi connectivity index (χ1v) is 8.21. The highest BCUT2D eigenvalue weighted by atomic mass is 79.9. The van der Waals surface area contributed by atoms with Gasteiger partial charge in [-0.05, 0) is 57.0 Å². The van der Waals surface area contributed by atoms with E-state index in [1.807, 2.05) is 36.3 Å². The van der Waals surface area contributed by atoms with Gasteiger partial charge < -0.3 is 5.32 Å². The van der Waals surface area contributed by atoms with Crippen LogP contribution in [0.15, 0.2) is 33.5 Å². The number of nitrogens with zero attached hydrogens (tertiary/aromatic N) is 3. The van der Waals surface area contributed by atoms with Crippen LogP contribution >= 0.6 is 31.9 Å². The fraction of sp³-hybridized carbons (Fsp3) is 0.429. The van der Waals surface area contributed by atoms with Crippen LogP contribution in [0.3, 0.4) is 0 Å². The average molecular weight is 402 g/mol. The second-order valence-corrected chi connectivity index (χ2v) is 6.48. The molecule has 1 unspecified atom stereocenters. The summed E-state index contributed by atoms with van der Waals surface area (Å²) >= 11 is 7.04. The fourth-order valence-corrected chi connectivity index (χ4v) is 3.31. The minimum atomic E-state index is 0.160. The first-order valence-electron chi connectivity index (χ1n) is 6.63. The van der Waals surface area contributed by atoms with Gasteiger partial charge in [0.25, 0.3) is 0 Å². The highest BCUT2D eigenvalue weighted by Crippen LogP contribution is 2.26. The zero-order valence-electron chi connectivity index (χ0n) is 11.6. The first kappa shape index (κ1) is 15.7. The molecule has 1 N–H and O–H groups in total. The average Bonchev–Trinajstić information content (AvgIpc) is 2.80. The molecule has 0 fully saturated rings. The van der Waals surface area contributed by atoms with E-state index in [1.54, 1.807) is 0 Å². The molecule has 0 saturated heterocycles. The van der Waals surface area contributed by atoms with Crippen LogP contribution in [-0.4, -0.2) is 21.3 Å². The van der Waals surface area contributed by atoms with Gasteiger partial charge in [0.2, 0.25) is 0 Å². The molecule has 2 heterocycles. The van der Waals surface area contributed by atoms with Crippen molar-refractivity contribution in [3.8, 4) is 0 Å². The van der Waals surface area contributed by atoms with E-state index in [1.165, 1.54) is 0 Å². The molecule has 1 atom stereocenters. The number of aromatic nitrogens is 3. The van der Waals surface area contributed by atoms with Gasteiger partial charge in [0.15, 0.2) is 0 Å². The summed E-state index contributed by atoms with van der Waals surface area (Å²) in [7, 11) is 1.94. The summed E-state index contributed by atoms with van der Waals surface area (Å²) in [6, 6.07) is 4.24. The molecule has 6 heteroatoms. The molecule has 0 aliphatic heterocycles. The Kier molecular flexibility index (Phi) is 5.74. The highest BCUT2D eigenvalue weighted by molar-refractivity contribution is 9.11. The Labute approximate surface area is 136 Å². The molecule has 4 nitrogen and oxygen atoms in total. The predicted molar refractivity (Wildman–Crippen MR) is 87.6 cm³/mol. The molecule has 0 spiro atoms. The molecule has 0 aliphatic carbocycles. The molecular formula is C14H18Br2N4. The number of aryl methyl sites for hydroxylation is 1. The Morgan fingerprint density at radius 1 is 1.40 bits per heavy atom. The number of pyridine rings is 1. The SMILES string of the molecule is CCCNC(Cc1ccn(C)n1)c1ncc(Br)cc1Br. The van der Waals surface area contributed by atoms with E-state index < -0.39 is 0 Å². The van der Waals surface area contributed by atoms with E-state index in [4.69, 9.17) is 0 Å². The van der Waals surface area contributed by atoms with Crippen molar-refractivity contribution in [1.82, 2.24) is 20.1 Å². The third-order valence-corrected chi connectivity index (χ3v) is 4.06. The van der Waals surface area contributed by atoms with Gasteiger partial charge in [-0.1, -0.05) is 6.92 Å². The van der Waals surface area contributed by atoms with Gasteiger partial charge in [-0.25, -0.2) is 0 Å². The van der Waals surface area contributed by atoms with Crippen LogP contribution in [0.25, 0.3) is 0 Å². The maximum Gasteiger partial charge on any atom is 0.0719 e. The van der Waals surface area contributed by atoms with Gasteiger partial charge in [-0.3, -0.25) is 9.67 Å². The summed E-state index contributed by atoms with van der Waals surface area (Å²) < 4.78 is 3.81. The number of nitrogens with one attached hydrogen (secondary N) is 1. The van der Waals surface area contributed by atoms with Crippen molar-refractivity contribution >= 4 is 31.9 Å². The molecular weight excluding hydrogens is 384 g/mol. The molecule has 2 aromatic heterocycles. The molecule has 0 aromatic carbocycles. The van der Waals surface area contributed by atoms with Gasteiger partial charge in [0.1, 0.15) is 0 Å². The smallest absolute Gasteiger partial charge is 0.0719 e. The van der Waals surface area contributed by atoms with E-state index in [2.05, 4.69) is 54.2 Å². The van der Waals surface area contributed by atoms with E-state index in [-0.39, 0.29) is 6.04 Å². The summed E-state index contributed by atoms with van der Waals surface area (Å²) in [6.07, 6.45) is 5.72. The largest absolute Gasteiger partial charge is 0.308 e. The lowest BCUT2D eigenvalue weighted by Gasteiger charge is -2.18. The summed E-state index contributed by atoms with van der Waals surface area (Å²) in [6.45, 7) is 3.12. The molecule has 2 rings (SSSR count). The standard InChI is InChI=1S/C14H18Br2N4/c1-3-5-17-13(8-11-4-6-20(2)19-11)14-12(16)7-10(15)9-18-14/h4,6-7,9,13,17H,3,5,8H2,1-2H3. The number of hydrogen-bond donors (Lipinski definition) is 1. The van der Waals surface area contributed by atoms with Crippen molar-refractivity contribution in [2.75, 3.05) is 6.54 Å². The van der Waals surface area contributed by atoms with Crippen LogP contribution in [-0.2, 0) is 13.5 Å². The number of rotatable bonds is 6. The summed E-state index contributed by atoms with van der Waals surface area (Å²) in [5.74, 6) is 0. The van der Waals surface area contributed by atoms with Crippen molar-refractivity contribution in [1.29, 1.82) is 0 Å². The number of hydrogen-bond acceptors (Lipinski definition) is 3. The summed E-state index contributed by atoms with van der Waals surface area (Å²) in [4.78, 5) is 4.54. The van der Waals surface area contributed by atoms with Crippen molar-refractivity contribution in [3.05, 3.63) is 44.9 Å². The Bertz CT molecular complexity index is 568. The molecule has 2 aromatic rings. The van der Waals surface area contributed by atoms with Crippen LogP contribution < -0.4 is 5.32 Å². The monoisotopic (exact) mass is 400 g/mol. The molecule has 20 heavy (non-hydrogen) atoms. The molecule has 0 amide bonds. The van der Waals surface area contributed by atoms with Gasteiger partial charge in [-0.2, -0.15) is 5.10 Å². The van der Waals surface area contributed by atoms with E-state index in [9.17, 15) is 0 Å². The lowest BCUT2D eigenvalue weighted by molar-refractivity contribution is 0.508. The van der Waals surface area contributed by atoms with Crippen LogP contribution in [0.1, 0.15) is 30.8 Å². The molecule has 0 radical (unpaired) electrons. The van der Waals surface area contributed by atoms with Crippen molar-refractivity contribution < 1.29 is 0 Å². The zero-order chi connectivity index (χ0) is 14.5. The van der Waals surface area contributed by atoms with Gasteiger partial charge >= 0.3 is 0 Å². The Morgan fingerprint density at radius 2 is 2.20 bits per heavy atom. The first-order chi connectivity index (χ1) is 9.60. The summed E-state index contributed by atoms with van der Waals surface area (Å²) in [5.41, 5.74) is 2.09. The molecule has 0 aliphatic rings. The normalized spacial score (nSPS) is 12.6. The summed E-state index contributed by atoms with van der Waals surface area (Å²) in [5, 5.41) is 8.00. The second kappa shape index (κ2) is 7.33. The lowest BCUT2D eigenvalue weighted by atomic mass is 10.1. The lowest BCUT2D eigenvalue weighted by Crippen LogP contribution is -2.25. The Balaban J connectivity index is 2.22. The van der Waals surface area contributed by atoms with Crippen LogP contribution in [0.5, 0.6) is 0 Å². The quantitative estimate of drug-likeness (QED) is 0.803. The van der Waals surface area contributed by atoms with Crippen molar-refractivity contribution in [2.24, 2.45) is 7.05 Å². The van der Waals surface area contributed by atoms with Crippen LogP contribution in [0, 0.1) is 0 Å². The Morgan fingerprint density at radius 3 is 2.80 bits per heavy atom. The topological polar surface area (TPSA) is 42.7 Å². The molecule has 108 valence electrons. The third kappa shape index (κ3) is 4.14. The van der Waals surface area contributed by atoms with Gasteiger partial charge in [0.05, 0.1) is 17.4 Å². The van der Waals surface area contributed by atoms with Crippen molar-refractivity contribution in [3.63, 3.8) is 0 Å². The predicted octanol–water partition coefficient (Wildman–Crippen LogP) is 3.62. The van der Waals surface area contributed by atoms with E-state index >= 15 is 0 Å². The maximum absolute atomic E-state index is 4.54. The fourth-order valence-electron chi connectivity index (χ4n) is 2.05. The second-order valence-electron chi connectivity index (χ2n) is 4.71. The minimum Gasteiger partial charge on any atom is -0.308 e. The zero-order valence-corrected chi connectivity index (χ0v) is 14.8. The van der Waals surface area contributed by atoms with Gasteiger partial charge in [0, 0.05) is 34.8 Å².